The van der Waals surface area contributed by atoms with Crippen LogP contribution in [0.15, 0.2) is 52.2 Å². The second-order valence-corrected chi connectivity index (χ2v) is 7.70. The zero-order valence-corrected chi connectivity index (χ0v) is 18.5. The molecule has 1 N–H and O–H groups in total. The molecule has 0 atom stereocenters. The number of hydrogen-bond donors (Lipinski definition) is 1. The lowest BCUT2D eigenvalue weighted by Gasteiger charge is -2.11. The van der Waals surface area contributed by atoms with Gasteiger partial charge in [-0.05, 0) is 42.8 Å². The molecule has 0 bridgehead atoms. The van der Waals surface area contributed by atoms with Crippen LogP contribution in [-0.4, -0.2) is 35.4 Å². The number of hydrogen-bond acceptors (Lipinski definition) is 6. The summed E-state index contributed by atoms with van der Waals surface area (Å²) in [6.07, 6.45) is 7.18. The van der Waals surface area contributed by atoms with Crippen molar-refractivity contribution in [2.75, 3.05) is 6.61 Å². The van der Waals surface area contributed by atoms with Crippen molar-refractivity contribution in [1.82, 2.24) is 23.7 Å². The van der Waals surface area contributed by atoms with E-state index in [0.29, 0.717) is 22.0 Å². The number of halogens is 1. The Morgan fingerprint density at radius 3 is 2.55 bits per heavy atom. The zero-order chi connectivity index (χ0) is 23.5. The standard InChI is InChI=1S/C23H20ClN5O4/c1-3-15-5-9-18(10-6-15)33-22-26-20-19(29(22)14-17-8-7-16(24)13-25-17)21(31)28(11-4-12-30)23(32)27(20)2/h1,5-10,13,30H,4,11-12,14H2,2H3. The van der Waals surface area contributed by atoms with E-state index in [1.807, 2.05) is 0 Å². The molecule has 33 heavy (non-hydrogen) atoms. The van der Waals surface area contributed by atoms with Crippen molar-refractivity contribution in [3.8, 4) is 24.1 Å². The van der Waals surface area contributed by atoms with Crippen molar-refractivity contribution in [2.24, 2.45) is 7.05 Å². The summed E-state index contributed by atoms with van der Waals surface area (Å²) >= 11 is 5.95. The largest absolute Gasteiger partial charge is 0.425 e. The van der Waals surface area contributed by atoms with Gasteiger partial charge in [0.15, 0.2) is 11.2 Å². The smallest absolute Gasteiger partial charge is 0.332 e. The lowest BCUT2D eigenvalue weighted by atomic mass is 10.2. The molecule has 4 aromatic rings. The van der Waals surface area contributed by atoms with Crippen molar-refractivity contribution in [1.29, 1.82) is 0 Å². The van der Waals surface area contributed by atoms with Gasteiger partial charge in [0.25, 0.3) is 5.56 Å². The van der Waals surface area contributed by atoms with Gasteiger partial charge >= 0.3 is 11.7 Å². The molecular weight excluding hydrogens is 446 g/mol. The number of aryl methyl sites for hydroxylation is 1. The van der Waals surface area contributed by atoms with Gasteiger partial charge in [-0.15, -0.1) is 6.42 Å². The molecule has 9 nitrogen and oxygen atoms in total. The Labute approximate surface area is 193 Å². The summed E-state index contributed by atoms with van der Waals surface area (Å²) < 4.78 is 9.92. The van der Waals surface area contributed by atoms with Gasteiger partial charge < -0.3 is 9.84 Å². The minimum absolute atomic E-state index is 0.0755. The minimum atomic E-state index is -0.528. The Bertz CT molecular complexity index is 1460. The van der Waals surface area contributed by atoms with Crippen LogP contribution in [0.4, 0.5) is 0 Å². The number of terminal acetylenes is 1. The second-order valence-electron chi connectivity index (χ2n) is 7.27. The van der Waals surface area contributed by atoms with Gasteiger partial charge in [0.1, 0.15) is 5.75 Å². The van der Waals surface area contributed by atoms with Crippen molar-refractivity contribution in [3.05, 3.63) is 79.7 Å². The predicted molar refractivity (Wildman–Crippen MR) is 124 cm³/mol. The summed E-state index contributed by atoms with van der Waals surface area (Å²) in [4.78, 5) is 34.8. The molecular formula is C23H20ClN5O4. The third-order valence-electron chi connectivity index (χ3n) is 5.08. The van der Waals surface area contributed by atoms with Gasteiger partial charge in [0.05, 0.1) is 17.3 Å². The number of fused-ring (bicyclic) bond motifs is 1. The first-order valence-corrected chi connectivity index (χ1v) is 10.5. The van der Waals surface area contributed by atoms with Crippen molar-refractivity contribution in [2.45, 2.75) is 19.5 Å². The number of rotatable bonds is 7. The molecule has 0 saturated heterocycles. The average Bonchev–Trinajstić information content (AvgIpc) is 3.17. The highest BCUT2D eigenvalue weighted by Crippen LogP contribution is 2.25. The number of nitrogens with zero attached hydrogens (tertiary/aromatic N) is 5. The van der Waals surface area contributed by atoms with E-state index in [0.717, 1.165) is 4.57 Å². The summed E-state index contributed by atoms with van der Waals surface area (Å²) in [5, 5.41) is 9.66. The fraction of sp³-hybridized carbons (Fsp3) is 0.217. The topological polar surface area (TPSA) is 104 Å². The summed E-state index contributed by atoms with van der Waals surface area (Å²) in [7, 11) is 1.53. The number of aliphatic hydroxyl groups excluding tert-OH is 1. The molecule has 0 radical (unpaired) electrons. The molecule has 0 amide bonds. The molecule has 1 aromatic carbocycles. The van der Waals surface area contributed by atoms with Gasteiger partial charge in [0, 0.05) is 32.0 Å². The molecule has 3 aromatic heterocycles. The van der Waals surface area contributed by atoms with Crippen molar-refractivity contribution in [3.63, 3.8) is 0 Å². The Morgan fingerprint density at radius 1 is 1.15 bits per heavy atom. The zero-order valence-electron chi connectivity index (χ0n) is 17.7. The van der Waals surface area contributed by atoms with E-state index in [2.05, 4.69) is 15.9 Å². The predicted octanol–water partition coefficient (Wildman–Crippen LogP) is 2.15. The molecule has 10 heteroatoms. The summed E-state index contributed by atoms with van der Waals surface area (Å²) in [5.74, 6) is 3.00. The van der Waals surface area contributed by atoms with E-state index in [-0.39, 0.29) is 43.3 Å². The van der Waals surface area contributed by atoms with Crippen LogP contribution in [0.1, 0.15) is 17.7 Å². The first-order chi connectivity index (χ1) is 15.9. The maximum atomic E-state index is 13.3. The van der Waals surface area contributed by atoms with E-state index in [1.165, 1.54) is 17.8 Å². The average molecular weight is 466 g/mol. The summed E-state index contributed by atoms with van der Waals surface area (Å²) in [6, 6.07) is 10.4. The second kappa shape index (κ2) is 9.32. The third kappa shape index (κ3) is 4.39. The van der Waals surface area contributed by atoms with E-state index in [4.69, 9.17) is 22.8 Å². The maximum absolute atomic E-state index is 13.3. The van der Waals surface area contributed by atoms with Crippen LogP contribution in [0.2, 0.25) is 5.02 Å². The Morgan fingerprint density at radius 2 is 1.91 bits per heavy atom. The van der Waals surface area contributed by atoms with E-state index in [9.17, 15) is 14.7 Å². The fourth-order valence-corrected chi connectivity index (χ4v) is 3.50. The van der Waals surface area contributed by atoms with Crippen molar-refractivity contribution >= 4 is 22.8 Å². The molecule has 0 saturated carbocycles. The molecule has 3 heterocycles. The number of pyridine rings is 1. The monoisotopic (exact) mass is 465 g/mol. The van der Waals surface area contributed by atoms with Crippen LogP contribution in [-0.2, 0) is 20.1 Å². The molecule has 0 fully saturated rings. The molecule has 0 spiro atoms. The maximum Gasteiger partial charge on any atom is 0.332 e. The van der Waals surface area contributed by atoms with Gasteiger partial charge in [-0.2, -0.15) is 4.98 Å². The minimum Gasteiger partial charge on any atom is -0.425 e. The molecule has 0 unspecified atom stereocenters. The Kier molecular flexibility index (Phi) is 6.31. The van der Waals surface area contributed by atoms with Crippen LogP contribution in [0.25, 0.3) is 11.2 Å². The van der Waals surface area contributed by atoms with Gasteiger partial charge in [-0.1, -0.05) is 17.5 Å². The summed E-state index contributed by atoms with van der Waals surface area (Å²) in [6.45, 7) is 0.0779. The highest BCUT2D eigenvalue weighted by Gasteiger charge is 2.22. The molecule has 4 rings (SSSR count). The lowest BCUT2D eigenvalue weighted by molar-refractivity contribution is 0.277. The highest BCUT2D eigenvalue weighted by atomic mass is 35.5. The molecule has 0 aliphatic heterocycles. The van der Waals surface area contributed by atoms with Gasteiger partial charge in [-0.25, -0.2) is 4.79 Å². The number of imidazole rings is 1. The highest BCUT2D eigenvalue weighted by molar-refractivity contribution is 6.30. The van der Waals surface area contributed by atoms with Crippen LogP contribution < -0.4 is 16.0 Å². The number of aliphatic hydroxyl groups is 1. The van der Waals surface area contributed by atoms with Crippen LogP contribution >= 0.6 is 11.6 Å². The van der Waals surface area contributed by atoms with Crippen LogP contribution in [0.3, 0.4) is 0 Å². The van der Waals surface area contributed by atoms with Gasteiger partial charge in [0.2, 0.25) is 0 Å². The quantitative estimate of drug-likeness (QED) is 0.419. The molecule has 0 aliphatic rings. The molecule has 0 aliphatic carbocycles. The van der Waals surface area contributed by atoms with Crippen LogP contribution in [0.5, 0.6) is 11.8 Å². The Hall–Kier alpha value is -3.87. The third-order valence-corrected chi connectivity index (χ3v) is 5.30. The normalized spacial score (nSPS) is 11.0. The van der Waals surface area contributed by atoms with Gasteiger partial charge in [-0.3, -0.25) is 23.5 Å². The number of ether oxygens (including phenoxy) is 1. The first-order valence-electron chi connectivity index (χ1n) is 10.1. The van der Waals surface area contributed by atoms with Crippen LogP contribution in [0, 0.1) is 12.3 Å². The van der Waals surface area contributed by atoms with E-state index >= 15 is 0 Å². The first kappa shape index (κ1) is 22.3. The Balaban J connectivity index is 1.91. The fourth-order valence-electron chi connectivity index (χ4n) is 3.39. The molecule has 168 valence electrons. The summed E-state index contributed by atoms with van der Waals surface area (Å²) in [5.41, 5.74) is 0.606. The number of aromatic nitrogens is 5. The SMILES string of the molecule is C#Cc1ccc(Oc2nc3c(c(=O)n(CCCO)c(=O)n3C)n2Cc2ccc(Cl)cn2)cc1. The van der Waals surface area contributed by atoms with E-state index in [1.54, 1.807) is 41.0 Å². The van der Waals surface area contributed by atoms with E-state index < -0.39 is 11.2 Å². The van der Waals surface area contributed by atoms with Crippen molar-refractivity contribution < 1.29 is 9.84 Å². The number of benzene rings is 1. The lowest BCUT2D eigenvalue weighted by Crippen LogP contribution is -2.39.